The van der Waals surface area contributed by atoms with Gasteiger partial charge in [0.15, 0.2) is 0 Å². The maximum atomic E-state index is 12.8. The van der Waals surface area contributed by atoms with Gasteiger partial charge in [-0.25, -0.2) is 0 Å². The van der Waals surface area contributed by atoms with Crippen LogP contribution in [0.4, 0.5) is 5.69 Å². The molecule has 4 nitrogen and oxygen atoms in total. The SMILES string of the molecule is CCCOC1(C(=O)Nc2ccc(O[C@H](C)CC)cc2)CCCCC1. The van der Waals surface area contributed by atoms with Crippen LogP contribution in [0.1, 0.15) is 65.7 Å². The molecule has 134 valence electrons. The van der Waals surface area contributed by atoms with Gasteiger partial charge in [0.1, 0.15) is 11.4 Å². The molecule has 24 heavy (non-hydrogen) atoms. The summed E-state index contributed by atoms with van der Waals surface area (Å²) >= 11 is 0. The lowest BCUT2D eigenvalue weighted by molar-refractivity contribution is -0.146. The molecule has 1 aromatic carbocycles. The average Bonchev–Trinajstić information content (AvgIpc) is 2.62. The van der Waals surface area contributed by atoms with Gasteiger partial charge in [-0.3, -0.25) is 4.79 Å². The Bertz CT molecular complexity index is 506. The Morgan fingerprint density at radius 3 is 2.42 bits per heavy atom. The topological polar surface area (TPSA) is 47.6 Å². The summed E-state index contributed by atoms with van der Waals surface area (Å²) < 4.78 is 11.8. The van der Waals surface area contributed by atoms with Crippen LogP contribution < -0.4 is 10.1 Å². The van der Waals surface area contributed by atoms with Crippen molar-refractivity contribution in [3.63, 3.8) is 0 Å². The Hall–Kier alpha value is -1.55. The Labute approximate surface area is 145 Å². The number of benzene rings is 1. The maximum Gasteiger partial charge on any atom is 0.256 e. The van der Waals surface area contributed by atoms with Gasteiger partial charge >= 0.3 is 0 Å². The van der Waals surface area contributed by atoms with Crippen molar-refractivity contribution < 1.29 is 14.3 Å². The molecule has 1 amide bonds. The van der Waals surface area contributed by atoms with Crippen molar-refractivity contribution in [2.45, 2.75) is 77.4 Å². The number of carbonyl (C=O) groups excluding carboxylic acids is 1. The molecule has 2 rings (SSSR count). The number of nitrogens with one attached hydrogen (secondary N) is 1. The summed E-state index contributed by atoms with van der Waals surface area (Å²) in [6.07, 6.45) is 7.01. The third kappa shape index (κ3) is 4.97. The van der Waals surface area contributed by atoms with Crippen molar-refractivity contribution in [3.8, 4) is 5.75 Å². The Balaban J connectivity index is 2.00. The number of carbonyl (C=O) groups is 1. The molecule has 1 saturated carbocycles. The van der Waals surface area contributed by atoms with Crippen molar-refractivity contribution in [3.05, 3.63) is 24.3 Å². The minimum Gasteiger partial charge on any atom is -0.491 e. The number of hydrogen-bond donors (Lipinski definition) is 1. The first-order chi connectivity index (χ1) is 11.6. The third-order valence-corrected chi connectivity index (χ3v) is 4.68. The average molecular weight is 333 g/mol. The molecule has 1 aliphatic rings. The van der Waals surface area contributed by atoms with E-state index in [1.807, 2.05) is 31.2 Å². The zero-order chi connectivity index (χ0) is 17.4. The van der Waals surface area contributed by atoms with E-state index in [0.29, 0.717) is 6.61 Å². The van der Waals surface area contributed by atoms with Gasteiger partial charge in [-0.2, -0.15) is 0 Å². The first kappa shape index (κ1) is 18.8. The van der Waals surface area contributed by atoms with Crippen LogP contribution in [0, 0.1) is 0 Å². The lowest BCUT2D eigenvalue weighted by Crippen LogP contribution is -2.47. The minimum absolute atomic E-state index is 0.00811. The predicted octanol–water partition coefficient (Wildman–Crippen LogP) is 4.93. The van der Waals surface area contributed by atoms with Gasteiger partial charge in [-0.1, -0.05) is 33.1 Å². The number of hydrogen-bond acceptors (Lipinski definition) is 3. The van der Waals surface area contributed by atoms with Crippen molar-refractivity contribution in [1.82, 2.24) is 0 Å². The van der Waals surface area contributed by atoms with Gasteiger partial charge in [0.25, 0.3) is 5.91 Å². The van der Waals surface area contributed by atoms with Crippen molar-refractivity contribution >= 4 is 11.6 Å². The molecule has 0 heterocycles. The highest BCUT2D eigenvalue weighted by atomic mass is 16.5. The molecule has 0 saturated heterocycles. The van der Waals surface area contributed by atoms with Gasteiger partial charge in [0.2, 0.25) is 0 Å². The summed E-state index contributed by atoms with van der Waals surface area (Å²) in [5, 5.41) is 3.04. The van der Waals surface area contributed by atoms with Crippen LogP contribution in [0.2, 0.25) is 0 Å². The second-order valence-electron chi connectivity index (χ2n) is 6.72. The highest BCUT2D eigenvalue weighted by molar-refractivity contribution is 5.97. The van der Waals surface area contributed by atoms with Crippen LogP contribution in [0.5, 0.6) is 5.75 Å². The molecule has 0 aromatic heterocycles. The molecule has 1 N–H and O–H groups in total. The fraction of sp³-hybridized carbons (Fsp3) is 0.650. The van der Waals surface area contributed by atoms with E-state index >= 15 is 0 Å². The lowest BCUT2D eigenvalue weighted by Gasteiger charge is -2.35. The number of rotatable bonds is 8. The second kappa shape index (κ2) is 9.07. The van der Waals surface area contributed by atoms with Gasteiger partial charge in [-0.15, -0.1) is 0 Å². The Morgan fingerprint density at radius 1 is 1.17 bits per heavy atom. The molecule has 0 aliphatic heterocycles. The molecule has 1 aromatic rings. The first-order valence-corrected chi connectivity index (χ1v) is 9.32. The van der Waals surface area contributed by atoms with Crippen LogP contribution in [0.3, 0.4) is 0 Å². The van der Waals surface area contributed by atoms with Crippen LogP contribution in [0.25, 0.3) is 0 Å². The number of amides is 1. The molecule has 0 bridgehead atoms. The van der Waals surface area contributed by atoms with Crippen molar-refractivity contribution in [1.29, 1.82) is 0 Å². The van der Waals surface area contributed by atoms with Crippen LogP contribution >= 0.6 is 0 Å². The van der Waals surface area contributed by atoms with Crippen molar-refractivity contribution in [2.75, 3.05) is 11.9 Å². The smallest absolute Gasteiger partial charge is 0.256 e. The maximum absolute atomic E-state index is 12.8. The quantitative estimate of drug-likeness (QED) is 0.733. The monoisotopic (exact) mass is 333 g/mol. The Kier molecular flexibility index (Phi) is 7.10. The van der Waals surface area contributed by atoms with Crippen LogP contribution in [-0.2, 0) is 9.53 Å². The van der Waals surface area contributed by atoms with Crippen LogP contribution in [-0.4, -0.2) is 24.2 Å². The summed E-state index contributed by atoms with van der Waals surface area (Å²) in [5.74, 6) is 0.822. The molecule has 0 radical (unpaired) electrons. The molecular weight excluding hydrogens is 302 g/mol. The standard InChI is InChI=1S/C20H31NO3/c1-4-15-23-20(13-7-6-8-14-20)19(22)21-17-9-11-18(12-10-17)24-16(3)5-2/h9-12,16H,4-8,13-15H2,1-3H3,(H,21,22)/t16-/m1/s1. The molecule has 0 unspecified atom stereocenters. The molecule has 1 fully saturated rings. The van der Waals surface area contributed by atoms with E-state index in [-0.39, 0.29) is 12.0 Å². The van der Waals surface area contributed by atoms with Crippen LogP contribution in [0.15, 0.2) is 24.3 Å². The van der Waals surface area contributed by atoms with Gasteiger partial charge in [0, 0.05) is 12.3 Å². The predicted molar refractivity (Wildman–Crippen MR) is 97.5 cm³/mol. The lowest BCUT2D eigenvalue weighted by atomic mass is 9.83. The van der Waals surface area contributed by atoms with Gasteiger partial charge < -0.3 is 14.8 Å². The molecule has 4 heteroatoms. The second-order valence-corrected chi connectivity index (χ2v) is 6.72. The minimum atomic E-state index is -0.653. The summed E-state index contributed by atoms with van der Waals surface area (Å²) in [7, 11) is 0. The van der Waals surface area contributed by atoms with E-state index in [9.17, 15) is 4.79 Å². The van der Waals surface area contributed by atoms with E-state index in [2.05, 4.69) is 19.2 Å². The van der Waals surface area contributed by atoms with Gasteiger partial charge in [-0.05, 0) is 56.9 Å². The van der Waals surface area contributed by atoms with E-state index < -0.39 is 5.60 Å². The largest absolute Gasteiger partial charge is 0.491 e. The molecule has 1 aliphatic carbocycles. The van der Waals surface area contributed by atoms with E-state index in [4.69, 9.17) is 9.47 Å². The number of anilines is 1. The third-order valence-electron chi connectivity index (χ3n) is 4.68. The zero-order valence-corrected chi connectivity index (χ0v) is 15.3. The van der Waals surface area contributed by atoms with E-state index in [1.54, 1.807) is 0 Å². The summed E-state index contributed by atoms with van der Waals surface area (Å²) in [6, 6.07) is 7.60. The molecular formula is C20H31NO3. The number of ether oxygens (including phenoxy) is 2. The molecule has 1 atom stereocenters. The summed E-state index contributed by atoms with van der Waals surface area (Å²) in [4.78, 5) is 12.8. The highest BCUT2D eigenvalue weighted by Crippen LogP contribution is 2.33. The summed E-state index contributed by atoms with van der Waals surface area (Å²) in [5.41, 5.74) is 0.140. The normalized spacial score (nSPS) is 18.0. The molecule has 0 spiro atoms. The zero-order valence-electron chi connectivity index (χ0n) is 15.3. The Morgan fingerprint density at radius 2 is 1.83 bits per heavy atom. The van der Waals surface area contributed by atoms with Crippen molar-refractivity contribution in [2.24, 2.45) is 0 Å². The van der Waals surface area contributed by atoms with E-state index in [0.717, 1.165) is 50.0 Å². The fourth-order valence-electron chi connectivity index (χ4n) is 3.03. The summed E-state index contributed by atoms with van der Waals surface area (Å²) in [6.45, 7) is 6.85. The fourth-order valence-corrected chi connectivity index (χ4v) is 3.03. The highest BCUT2D eigenvalue weighted by Gasteiger charge is 2.40. The van der Waals surface area contributed by atoms with E-state index in [1.165, 1.54) is 6.42 Å². The van der Waals surface area contributed by atoms with Gasteiger partial charge in [0.05, 0.1) is 6.10 Å². The first-order valence-electron chi connectivity index (χ1n) is 9.32.